The fraction of sp³-hybridized carbons (Fsp3) is 0.619. The van der Waals surface area contributed by atoms with Crippen LogP contribution in [0.15, 0.2) is 24.3 Å². The van der Waals surface area contributed by atoms with Gasteiger partial charge >= 0.3 is 6.09 Å². The lowest BCUT2D eigenvalue weighted by molar-refractivity contribution is -0.146. The van der Waals surface area contributed by atoms with Gasteiger partial charge in [-0.2, -0.15) is 0 Å². The smallest absolute Gasteiger partial charge is 0.414 e. The number of hydrogen-bond acceptors (Lipinski definition) is 3. The summed E-state index contributed by atoms with van der Waals surface area (Å²) < 4.78 is 5.47. The van der Waals surface area contributed by atoms with Crippen molar-refractivity contribution < 1.29 is 14.3 Å². The SMILES string of the molecule is O=C1OC(CNC(=O)C23CC4CC(CC(C4)C2)C3)CN1c1cccc(Cl)c1. The minimum atomic E-state index is -0.383. The third-order valence-corrected chi connectivity index (χ3v) is 7.24. The number of ether oxygens (including phenoxy) is 1. The third-order valence-electron chi connectivity index (χ3n) is 7.00. The van der Waals surface area contributed by atoms with Crippen LogP contribution in [0, 0.1) is 23.2 Å². The van der Waals surface area contributed by atoms with Gasteiger partial charge in [0.2, 0.25) is 5.91 Å². The number of carbonyl (C=O) groups is 2. The van der Waals surface area contributed by atoms with E-state index in [9.17, 15) is 9.59 Å². The number of rotatable bonds is 4. The molecule has 1 saturated heterocycles. The molecule has 0 spiro atoms. The first-order valence-corrected chi connectivity index (χ1v) is 10.4. The van der Waals surface area contributed by atoms with E-state index >= 15 is 0 Å². The van der Waals surface area contributed by atoms with Crippen molar-refractivity contribution in [2.75, 3.05) is 18.0 Å². The van der Waals surface area contributed by atoms with Crippen LogP contribution in [-0.2, 0) is 9.53 Å². The monoisotopic (exact) mass is 388 g/mol. The molecule has 5 aliphatic rings. The van der Waals surface area contributed by atoms with Crippen molar-refractivity contribution >= 4 is 29.3 Å². The van der Waals surface area contributed by atoms with Gasteiger partial charge in [0.15, 0.2) is 0 Å². The summed E-state index contributed by atoms with van der Waals surface area (Å²) in [5.41, 5.74) is 0.562. The maximum atomic E-state index is 13.0. The van der Waals surface area contributed by atoms with Crippen molar-refractivity contribution in [1.29, 1.82) is 0 Å². The number of carbonyl (C=O) groups excluding carboxylic acids is 2. The van der Waals surface area contributed by atoms with E-state index in [1.54, 1.807) is 17.0 Å². The maximum Gasteiger partial charge on any atom is 0.414 e. The topological polar surface area (TPSA) is 58.6 Å². The highest BCUT2D eigenvalue weighted by Gasteiger charge is 2.54. The van der Waals surface area contributed by atoms with Gasteiger partial charge in [0.25, 0.3) is 0 Å². The fourth-order valence-electron chi connectivity index (χ4n) is 6.27. The lowest BCUT2D eigenvalue weighted by Crippen LogP contribution is -2.54. The number of nitrogens with one attached hydrogen (secondary N) is 1. The number of anilines is 1. The molecule has 1 aliphatic heterocycles. The first-order chi connectivity index (χ1) is 13.0. The summed E-state index contributed by atoms with van der Waals surface area (Å²) in [5.74, 6) is 2.40. The minimum Gasteiger partial charge on any atom is -0.442 e. The van der Waals surface area contributed by atoms with E-state index in [1.165, 1.54) is 19.3 Å². The molecule has 4 saturated carbocycles. The zero-order chi connectivity index (χ0) is 18.6. The van der Waals surface area contributed by atoms with Gasteiger partial charge in [0.05, 0.1) is 13.1 Å². The molecule has 144 valence electrons. The molecule has 0 aromatic heterocycles. The molecular weight excluding hydrogens is 364 g/mol. The van der Waals surface area contributed by atoms with E-state index < -0.39 is 0 Å². The van der Waals surface area contributed by atoms with Gasteiger partial charge in [-0.3, -0.25) is 9.69 Å². The Labute approximate surface area is 164 Å². The standard InChI is InChI=1S/C21H25ClN2O3/c22-16-2-1-3-17(7-16)24-12-18(27-20(24)26)11-23-19(25)21-8-13-4-14(9-21)6-15(5-13)10-21/h1-3,7,13-15,18H,4-6,8-12H2,(H,23,25). The van der Waals surface area contributed by atoms with Crippen molar-refractivity contribution in [3.05, 3.63) is 29.3 Å². The number of hydrogen-bond donors (Lipinski definition) is 1. The van der Waals surface area contributed by atoms with E-state index in [0.717, 1.165) is 42.7 Å². The van der Waals surface area contributed by atoms with E-state index in [4.69, 9.17) is 16.3 Å². The molecule has 0 radical (unpaired) electrons. The summed E-state index contributed by atoms with van der Waals surface area (Å²) >= 11 is 6.02. The highest BCUT2D eigenvalue weighted by molar-refractivity contribution is 6.30. The van der Waals surface area contributed by atoms with Crippen LogP contribution < -0.4 is 10.2 Å². The Morgan fingerprint density at radius 3 is 2.48 bits per heavy atom. The number of halogens is 1. The van der Waals surface area contributed by atoms with Crippen molar-refractivity contribution in [1.82, 2.24) is 5.32 Å². The van der Waals surface area contributed by atoms with Crippen LogP contribution >= 0.6 is 11.6 Å². The Balaban J connectivity index is 1.21. The third kappa shape index (κ3) is 3.10. The molecule has 1 aromatic carbocycles. The second kappa shape index (κ2) is 6.40. The van der Waals surface area contributed by atoms with Crippen molar-refractivity contribution in [2.45, 2.75) is 44.6 Å². The molecule has 6 heteroatoms. The van der Waals surface area contributed by atoms with Gasteiger partial charge in [-0.25, -0.2) is 4.79 Å². The molecule has 1 heterocycles. The zero-order valence-corrected chi connectivity index (χ0v) is 16.1. The largest absolute Gasteiger partial charge is 0.442 e. The van der Waals surface area contributed by atoms with Crippen molar-refractivity contribution in [3.63, 3.8) is 0 Å². The number of nitrogens with zero attached hydrogens (tertiary/aromatic N) is 1. The molecule has 27 heavy (non-hydrogen) atoms. The lowest BCUT2D eigenvalue weighted by Gasteiger charge is -2.55. The summed E-state index contributed by atoms with van der Waals surface area (Å²) in [6.45, 7) is 0.809. The van der Waals surface area contributed by atoms with Gasteiger partial charge in [-0.05, 0) is 74.5 Å². The van der Waals surface area contributed by atoms with Gasteiger partial charge in [0.1, 0.15) is 6.10 Å². The van der Waals surface area contributed by atoms with Crippen LogP contribution in [0.2, 0.25) is 5.02 Å². The molecular formula is C21H25ClN2O3. The molecule has 5 fully saturated rings. The quantitative estimate of drug-likeness (QED) is 0.848. The van der Waals surface area contributed by atoms with E-state index in [-0.39, 0.29) is 23.5 Å². The molecule has 5 nitrogen and oxygen atoms in total. The van der Waals surface area contributed by atoms with E-state index in [2.05, 4.69) is 5.32 Å². The number of benzene rings is 1. The fourth-order valence-corrected chi connectivity index (χ4v) is 6.45. The Hall–Kier alpha value is -1.75. The summed E-state index contributed by atoms with van der Waals surface area (Å²) in [6, 6.07) is 7.17. The Morgan fingerprint density at radius 2 is 1.85 bits per heavy atom. The Bertz CT molecular complexity index is 745. The van der Waals surface area contributed by atoms with Crippen molar-refractivity contribution in [3.8, 4) is 0 Å². The highest BCUT2D eigenvalue weighted by atomic mass is 35.5. The average Bonchev–Trinajstić information content (AvgIpc) is 2.99. The maximum absolute atomic E-state index is 13.0. The average molecular weight is 389 g/mol. The van der Waals surface area contributed by atoms with Crippen LogP contribution in [0.1, 0.15) is 38.5 Å². The van der Waals surface area contributed by atoms with Crippen LogP contribution in [0.5, 0.6) is 0 Å². The van der Waals surface area contributed by atoms with Crippen molar-refractivity contribution in [2.24, 2.45) is 23.2 Å². The zero-order valence-electron chi connectivity index (χ0n) is 15.3. The number of cyclic esters (lactones) is 1. The molecule has 2 amide bonds. The lowest BCUT2D eigenvalue weighted by atomic mass is 9.49. The van der Waals surface area contributed by atoms with Crippen LogP contribution in [0.4, 0.5) is 10.5 Å². The van der Waals surface area contributed by atoms with Gasteiger partial charge in [0, 0.05) is 16.1 Å². The van der Waals surface area contributed by atoms with Gasteiger partial charge in [-0.1, -0.05) is 17.7 Å². The molecule has 1 N–H and O–H groups in total. The highest BCUT2D eigenvalue weighted by Crippen LogP contribution is 2.60. The predicted molar refractivity (Wildman–Crippen MR) is 103 cm³/mol. The first-order valence-electron chi connectivity index (χ1n) is 10.0. The molecule has 1 atom stereocenters. The summed E-state index contributed by atoms with van der Waals surface area (Å²) in [7, 11) is 0. The summed E-state index contributed by atoms with van der Waals surface area (Å²) in [4.78, 5) is 26.8. The minimum absolute atomic E-state index is 0.163. The second-order valence-electron chi connectivity index (χ2n) is 9.00. The van der Waals surface area contributed by atoms with Gasteiger partial charge in [-0.15, -0.1) is 0 Å². The van der Waals surface area contributed by atoms with Crippen LogP contribution in [0.25, 0.3) is 0 Å². The number of amides is 2. The van der Waals surface area contributed by atoms with E-state index in [1.807, 2.05) is 12.1 Å². The predicted octanol–water partition coefficient (Wildman–Crippen LogP) is 4.00. The second-order valence-corrected chi connectivity index (χ2v) is 9.44. The summed E-state index contributed by atoms with van der Waals surface area (Å²) in [5, 5.41) is 3.70. The molecule has 6 rings (SSSR count). The summed E-state index contributed by atoms with van der Waals surface area (Å²) in [6.07, 6.45) is 6.39. The van der Waals surface area contributed by atoms with Crippen LogP contribution in [-0.4, -0.2) is 31.2 Å². The molecule has 4 bridgehead atoms. The Morgan fingerprint density at radius 1 is 1.19 bits per heavy atom. The van der Waals surface area contributed by atoms with Crippen LogP contribution in [0.3, 0.4) is 0 Å². The van der Waals surface area contributed by atoms with Gasteiger partial charge < -0.3 is 10.1 Å². The Kier molecular flexibility index (Phi) is 4.12. The molecule has 4 aliphatic carbocycles. The molecule has 1 aromatic rings. The molecule has 1 unspecified atom stereocenters. The normalized spacial score (nSPS) is 36.8. The van der Waals surface area contributed by atoms with E-state index in [0.29, 0.717) is 18.1 Å². The first kappa shape index (κ1) is 17.4.